The number of anilines is 1. The molecule has 3 N–H and O–H groups in total. The predicted octanol–water partition coefficient (Wildman–Crippen LogP) is 1.64. The Kier molecular flexibility index (Phi) is 7.63. The van der Waals surface area contributed by atoms with Crippen molar-refractivity contribution in [3.8, 4) is 18.1 Å². The van der Waals surface area contributed by atoms with Crippen molar-refractivity contribution >= 4 is 11.7 Å². The lowest BCUT2D eigenvalue weighted by molar-refractivity contribution is -0.105. The summed E-state index contributed by atoms with van der Waals surface area (Å²) in [6.45, 7) is 1.63. The van der Waals surface area contributed by atoms with Gasteiger partial charge < -0.3 is 30.1 Å². The van der Waals surface area contributed by atoms with Gasteiger partial charge in [0.15, 0.2) is 0 Å². The first-order valence-electron chi connectivity index (χ1n) is 11.8. The van der Waals surface area contributed by atoms with E-state index in [2.05, 4.69) is 33.2 Å². The number of hydrogen-bond donors (Lipinski definition) is 3. The van der Waals surface area contributed by atoms with Gasteiger partial charge in [0.2, 0.25) is 0 Å². The number of benzene rings is 2. The first kappa shape index (κ1) is 25.0. The highest BCUT2D eigenvalue weighted by Gasteiger charge is 2.51. The molecule has 2 aromatic rings. The summed E-state index contributed by atoms with van der Waals surface area (Å²) in [6.07, 6.45) is 3.55. The summed E-state index contributed by atoms with van der Waals surface area (Å²) in [6, 6.07) is 14.9. The van der Waals surface area contributed by atoms with E-state index in [0.29, 0.717) is 24.5 Å². The lowest BCUT2D eigenvalue weighted by Crippen LogP contribution is -2.71. The second-order valence-corrected chi connectivity index (χ2v) is 9.58. The van der Waals surface area contributed by atoms with Crippen molar-refractivity contribution in [3.05, 3.63) is 59.7 Å². The third kappa shape index (κ3) is 5.44. The third-order valence-electron chi connectivity index (χ3n) is 6.98. The Morgan fingerprint density at radius 1 is 1.09 bits per heavy atom. The molecule has 2 heterocycles. The fourth-order valence-corrected chi connectivity index (χ4v) is 5.17. The maximum atomic E-state index is 13.2. The third-order valence-corrected chi connectivity index (χ3v) is 6.98. The topological polar surface area (TPSA) is 88.5 Å². The number of amides is 2. The Labute approximate surface area is 207 Å². The maximum absolute atomic E-state index is 13.2. The molecule has 2 amide bonds. The quantitative estimate of drug-likeness (QED) is 0.567. The highest BCUT2D eigenvalue weighted by molar-refractivity contribution is 5.89. The molecule has 2 saturated heterocycles. The van der Waals surface area contributed by atoms with Crippen LogP contribution in [0.5, 0.6) is 5.75 Å². The van der Waals surface area contributed by atoms with Crippen LogP contribution in [0.3, 0.4) is 0 Å². The molecule has 8 nitrogen and oxygen atoms in total. The van der Waals surface area contributed by atoms with Crippen molar-refractivity contribution in [1.29, 1.82) is 0 Å². The zero-order valence-corrected chi connectivity index (χ0v) is 20.5. The summed E-state index contributed by atoms with van der Waals surface area (Å²) < 4.78 is 5.18. The van der Waals surface area contributed by atoms with E-state index in [0.717, 1.165) is 17.7 Å². The van der Waals surface area contributed by atoms with Gasteiger partial charge in [-0.1, -0.05) is 18.1 Å². The van der Waals surface area contributed by atoms with Crippen molar-refractivity contribution in [3.63, 3.8) is 0 Å². The Morgan fingerprint density at radius 2 is 1.74 bits per heavy atom. The van der Waals surface area contributed by atoms with Gasteiger partial charge >= 0.3 is 6.03 Å². The molecule has 0 bridgehead atoms. The van der Waals surface area contributed by atoms with Crippen LogP contribution in [0.1, 0.15) is 17.0 Å². The van der Waals surface area contributed by atoms with Gasteiger partial charge in [-0.25, -0.2) is 4.79 Å². The van der Waals surface area contributed by atoms with Gasteiger partial charge in [-0.3, -0.25) is 4.90 Å². The number of nitrogens with one attached hydrogen (secondary N) is 1. The van der Waals surface area contributed by atoms with E-state index >= 15 is 0 Å². The molecule has 0 saturated carbocycles. The van der Waals surface area contributed by atoms with E-state index in [4.69, 9.17) is 11.2 Å². The Hall–Kier alpha value is -3.09. The molecule has 8 heteroatoms. The van der Waals surface area contributed by atoms with Gasteiger partial charge in [-0.05, 0) is 56.1 Å². The van der Waals surface area contributed by atoms with Crippen molar-refractivity contribution in [1.82, 2.24) is 14.7 Å². The molecule has 4 rings (SSSR count). The molecule has 5 atom stereocenters. The van der Waals surface area contributed by atoms with E-state index in [1.165, 1.54) is 0 Å². The largest absolute Gasteiger partial charge is 0.497 e. The number of aliphatic hydroxyl groups excluding tert-OH is 2. The number of methoxy groups -OCH3 is 1. The van der Waals surface area contributed by atoms with Gasteiger partial charge in [0.1, 0.15) is 5.75 Å². The van der Waals surface area contributed by atoms with E-state index in [9.17, 15) is 15.0 Å². The molecule has 0 radical (unpaired) electrons. The van der Waals surface area contributed by atoms with Crippen molar-refractivity contribution in [2.75, 3.05) is 52.7 Å². The number of rotatable bonds is 5. The number of hydrogen-bond acceptors (Lipinski definition) is 6. The number of carbonyl (C=O) groups excluding carboxylic acids is 1. The second-order valence-electron chi connectivity index (χ2n) is 9.58. The monoisotopic (exact) mass is 478 g/mol. The molecule has 0 aliphatic carbocycles. The smallest absolute Gasteiger partial charge is 0.321 e. The molecule has 2 aliphatic heterocycles. The second kappa shape index (κ2) is 10.7. The molecular weight excluding hydrogens is 444 g/mol. The van der Waals surface area contributed by atoms with Crippen LogP contribution >= 0.6 is 0 Å². The van der Waals surface area contributed by atoms with Crippen LogP contribution in [0.2, 0.25) is 0 Å². The van der Waals surface area contributed by atoms with E-state index < -0.39 is 12.2 Å². The minimum Gasteiger partial charge on any atom is -0.497 e. The van der Waals surface area contributed by atoms with Gasteiger partial charge in [0.05, 0.1) is 25.9 Å². The fraction of sp³-hybridized carbons (Fsp3) is 0.444. The first-order chi connectivity index (χ1) is 16.8. The van der Waals surface area contributed by atoms with E-state index in [-0.39, 0.29) is 30.6 Å². The normalized spacial score (nSPS) is 26.7. The average molecular weight is 479 g/mol. The summed E-state index contributed by atoms with van der Waals surface area (Å²) in [5.74, 6) is 3.51. The van der Waals surface area contributed by atoms with Crippen LogP contribution in [-0.4, -0.2) is 103 Å². The molecule has 0 spiro atoms. The number of carbonyl (C=O) groups is 1. The standard InChI is InChI=1S/C27H34N4O4/c1-5-18-6-8-19(9-7-18)26-22(14-29(2)3)31-17-25(33)24(32)16-30(15-23(26)31)27(34)28-20-10-12-21(35-4)13-11-20/h1,6-13,22-26,32-33H,14-17H2,2-4H3,(H,28,34)/t22-,23?,24?,25?,26?/m1/s1. The minimum atomic E-state index is -1.04. The Balaban J connectivity index is 1.59. The predicted molar refractivity (Wildman–Crippen MR) is 136 cm³/mol. The number of β-amino-alcohol motifs (C(OH)–C–C–N with tert-alkyl or cyclic N) is 1. The van der Waals surface area contributed by atoms with Crippen LogP contribution in [0, 0.1) is 12.3 Å². The molecular formula is C27H34N4O4. The summed E-state index contributed by atoms with van der Waals surface area (Å²) in [4.78, 5) is 19.2. The van der Waals surface area contributed by atoms with Gasteiger partial charge in [-0.15, -0.1) is 6.42 Å². The summed E-state index contributed by atoms with van der Waals surface area (Å²) >= 11 is 0. The number of ether oxygens (including phenoxy) is 1. The number of fused-ring (bicyclic) bond motifs is 1. The minimum absolute atomic E-state index is 0.000373. The van der Waals surface area contributed by atoms with Gasteiger partial charge in [0, 0.05) is 48.9 Å². The highest BCUT2D eigenvalue weighted by atomic mass is 16.5. The summed E-state index contributed by atoms with van der Waals surface area (Å²) in [5.41, 5.74) is 2.61. The van der Waals surface area contributed by atoms with Gasteiger partial charge in [-0.2, -0.15) is 0 Å². The van der Waals surface area contributed by atoms with Crippen LogP contribution in [0.25, 0.3) is 0 Å². The van der Waals surface area contributed by atoms with Crippen molar-refractivity contribution in [2.45, 2.75) is 30.2 Å². The lowest BCUT2D eigenvalue weighted by atomic mass is 9.73. The first-order valence-corrected chi connectivity index (χ1v) is 11.8. The summed E-state index contributed by atoms with van der Waals surface area (Å²) in [7, 11) is 5.64. The number of likely N-dealkylation sites (N-methyl/N-ethyl adjacent to an activating group) is 1. The maximum Gasteiger partial charge on any atom is 0.321 e. The number of aliphatic hydroxyl groups is 2. The van der Waals surface area contributed by atoms with Crippen LogP contribution in [0.4, 0.5) is 10.5 Å². The van der Waals surface area contributed by atoms with E-state index in [1.807, 2.05) is 26.2 Å². The van der Waals surface area contributed by atoms with Crippen LogP contribution < -0.4 is 10.1 Å². The fourth-order valence-electron chi connectivity index (χ4n) is 5.17. The molecule has 4 unspecified atom stereocenters. The molecule has 2 aliphatic rings. The Morgan fingerprint density at radius 3 is 2.34 bits per heavy atom. The number of urea groups is 1. The molecule has 186 valence electrons. The average Bonchev–Trinajstić information content (AvgIpc) is 2.85. The molecule has 35 heavy (non-hydrogen) atoms. The lowest BCUT2D eigenvalue weighted by Gasteiger charge is -2.59. The van der Waals surface area contributed by atoms with Crippen molar-refractivity contribution < 1.29 is 19.7 Å². The zero-order chi connectivity index (χ0) is 25.1. The molecule has 2 aromatic carbocycles. The van der Waals surface area contributed by atoms with Crippen molar-refractivity contribution in [2.24, 2.45) is 0 Å². The van der Waals surface area contributed by atoms with Crippen LogP contribution in [0.15, 0.2) is 48.5 Å². The van der Waals surface area contributed by atoms with Crippen LogP contribution in [-0.2, 0) is 0 Å². The number of nitrogens with zero attached hydrogens (tertiary/aromatic N) is 3. The zero-order valence-electron chi connectivity index (χ0n) is 20.5. The van der Waals surface area contributed by atoms with E-state index in [1.54, 1.807) is 36.3 Å². The molecule has 0 aromatic heterocycles. The molecule has 2 fully saturated rings. The summed E-state index contributed by atoms with van der Waals surface area (Å²) in [5, 5.41) is 24.3. The Bertz CT molecular complexity index is 1050. The highest BCUT2D eigenvalue weighted by Crippen LogP contribution is 2.42. The SMILES string of the molecule is C#Cc1ccc(C2C3CN(C(=O)Nc4ccc(OC)cc4)CC(O)C(O)CN3[C@@H]2CN(C)C)cc1. The number of terminal acetylenes is 1. The van der Waals surface area contributed by atoms with Gasteiger partial charge in [0.25, 0.3) is 0 Å².